The Bertz CT molecular complexity index is 303. The number of esters is 1. The number of ether oxygens (including phenoxy) is 2. The van der Waals surface area contributed by atoms with Gasteiger partial charge in [-0.25, -0.2) is 0 Å². The molecule has 1 saturated carbocycles. The monoisotopic (exact) mass is 287 g/mol. The molecule has 2 unspecified atom stereocenters. The van der Waals surface area contributed by atoms with Gasteiger partial charge in [-0.2, -0.15) is 11.8 Å². The van der Waals surface area contributed by atoms with Gasteiger partial charge in [0.1, 0.15) is 5.54 Å². The summed E-state index contributed by atoms with van der Waals surface area (Å²) in [4.78, 5) is 12.1. The van der Waals surface area contributed by atoms with Crippen LogP contribution in [0.5, 0.6) is 0 Å². The number of carbonyl (C=O) groups is 1. The van der Waals surface area contributed by atoms with Crippen LogP contribution in [0.4, 0.5) is 0 Å². The van der Waals surface area contributed by atoms with Gasteiger partial charge in [-0.05, 0) is 39.5 Å². The Labute approximate surface area is 120 Å². The molecular weight excluding hydrogens is 262 g/mol. The Balaban J connectivity index is 1.79. The van der Waals surface area contributed by atoms with Crippen LogP contribution in [0.1, 0.15) is 39.5 Å². The zero-order chi connectivity index (χ0) is 13.7. The van der Waals surface area contributed by atoms with Crippen molar-refractivity contribution in [3.8, 4) is 0 Å². The third-order valence-corrected chi connectivity index (χ3v) is 4.93. The summed E-state index contributed by atoms with van der Waals surface area (Å²) in [5, 5.41) is 3.44. The van der Waals surface area contributed by atoms with Crippen molar-refractivity contribution in [2.24, 2.45) is 0 Å². The van der Waals surface area contributed by atoms with Crippen molar-refractivity contribution >= 4 is 17.7 Å². The third-order valence-electron chi connectivity index (χ3n) is 3.54. The predicted octanol–water partition coefficient (Wildman–Crippen LogP) is 1.97. The Morgan fingerprint density at radius 2 is 2.26 bits per heavy atom. The van der Waals surface area contributed by atoms with Gasteiger partial charge in [0.15, 0.2) is 0 Å². The maximum Gasteiger partial charge on any atom is 0.326 e. The number of thioether (sulfide) groups is 1. The number of hydrogen-bond donors (Lipinski definition) is 1. The SMILES string of the molecule is CCOC(=O)C(C)(CSCC1CCCO1)NC1CC1. The first-order valence-corrected chi connectivity index (χ1v) is 8.44. The van der Waals surface area contributed by atoms with Gasteiger partial charge in [0.05, 0.1) is 12.7 Å². The van der Waals surface area contributed by atoms with Gasteiger partial charge in [0.2, 0.25) is 0 Å². The van der Waals surface area contributed by atoms with Crippen molar-refractivity contribution in [3.63, 3.8) is 0 Å². The van der Waals surface area contributed by atoms with Crippen LogP contribution in [0, 0.1) is 0 Å². The molecule has 0 spiro atoms. The minimum Gasteiger partial charge on any atom is -0.465 e. The summed E-state index contributed by atoms with van der Waals surface area (Å²) >= 11 is 1.79. The number of nitrogens with one attached hydrogen (secondary N) is 1. The molecule has 0 bridgehead atoms. The van der Waals surface area contributed by atoms with Gasteiger partial charge in [0, 0.05) is 24.2 Å². The fourth-order valence-electron chi connectivity index (χ4n) is 2.30. The van der Waals surface area contributed by atoms with Crippen molar-refractivity contribution in [1.29, 1.82) is 0 Å². The quantitative estimate of drug-likeness (QED) is 0.692. The smallest absolute Gasteiger partial charge is 0.326 e. The number of hydrogen-bond acceptors (Lipinski definition) is 5. The van der Waals surface area contributed by atoms with E-state index in [1.165, 1.54) is 19.3 Å². The van der Waals surface area contributed by atoms with Crippen LogP contribution in [-0.2, 0) is 14.3 Å². The zero-order valence-electron chi connectivity index (χ0n) is 11.9. The van der Waals surface area contributed by atoms with Crippen molar-refractivity contribution in [2.45, 2.75) is 57.2 Å². The molecule has 0 aromatic rings. The van der Waals surface area contributed by atoms with Crippen LogP contribution in [0.2, 0.25) is 0 Å². The summed E-state index contributed by atoms with van der Waals surface area (Å²) in [5.41, 5.74) is -0.555. The van der Waals surface area contributed by atoms with Crippen LogP contribution in [0.15, 0.2) is 0 Å². The average molecular weight is 287 g/mol. The molecule has 110 valence electrons. The molecule has 1 aliphatic heterocycles. The van der Waals surface area contributed by atoms with E-state index in [4.69, 9.17) is 9.47 Å². The molecule has 1 saturated heterocycles. The summed E-state index contributed by atoms with van der Waals surface area (Å²) in [6.45, 7) is 5.15. The summed E-state index contributed by atoms with van der Waals surface area (Å²) in [6.07, 6.45) is 5.04. The predicted molar refractivity (Wildman–Crippen MR) is 77.5 cm³/mol. The molecule has 0 amide bonds. The minimum atomic E-state index is -0.555. The molecule has 2 fully saturated rings. The summed E-state index contributed by atoms with van der Waals surface area (Å²) < 4.78 is 10.8. The van der Waals surface area contributed by atoms with Crippen LogP contribution >= 0.6 is 11.8 Å². The molecule has 1 heterocycles. The van der Waals surface area contributed by atoms with Gasteiger partial charge < -0.3 is 9.47 Å². The van der Waals surface area contributed by atoms with Crippen molar-refractivity contribution < 1.29 is 14.3 Å². The first-order valence-electron chi connectivity index (χ1n) is 7.28. The molecule has 4 nitrogen and oxygen atoms in total. The maximum atomic E-state index is 12.1. The topological polar surface area (TPSA) is 47.6 Å². The highest BCUT2D eigenvalue weighted by Gasteiger charge is 2.39. The zero-order valence-corrected chi connectivity index (χ0v) is 12.8. The van der Waals surface area contributed by atoms with Gasteiger partial charge in [-0.15, -0.1) is 0 Å². The van der Waals surface area contributed by atoms with E-state index >= 15 is 0 Å². The van der Waals surface area contributed by atoms with E-state index in [0.29, 0.717) is 18.8 Å². The van der Waals surface area contributed by atoms with E-state index in [1.807, 2.05) is 13.8 Å². The van der Waals surface area contributed by atoms with E-state index in [0.717, 1.165) is 24.5 Å². The molecule has 5 heteroatoms. The fraction of sp³-hybridized carbons (Fsp3) is 0.929. The van der Waals surface area contributed by atoms with Crippen molar-refractivity contribution in [3.05, 3.63) is 0 Å². The Morgan fingerprint density at radius 1 is 1.47 bits per heavy atom. The summed E-state index contributed by atoms with van der Waals surface area (Å²) in [7, 11) is 0. The lowest BCUT2D eigenvalue weighted by molar-refractivity contribution is -0.149. The van der Waals surface area contributed by atoms with E-state index in [9.17, 15) is 4.79 Å². The standard InChI is InChI=1S/C14H25NO3S/c1-3-17-13(16)14(2,15-11-6-7-11)10-19-9-12-5-4-8-18-12/h11-12,15H,3-10H2,1-2H3. The van der Waals surface area contributed by atoms with E-state index < -0.39 is 5.54 Å². The van der Waals surface area contributed by atoms with Gasteiger partial charge in [-0.3, -0.25) is 10.1 Å². The highest BCUT2D eigenvalue weighted by Crippen LogP contribution is 2.26. The van der Waals surface area contributed by atoms with Crippen LogP contribution in [-0.4, -0.2) is 48.4 Å². The third kappa shape index (κ3) is 4.65. The second-order valence-corrected chi connectivity index (χ2v) is 6.65. The molecule has 1 N–H and O–H groups in total. The lowest BCUT2D eigenvalue weighted by Crippen LogP contribution is -2.53. The molecule has 0 radical (unpaired) electrons. The van der Waals surface area contributed by atoms with E-state index in [1.54, 1.807) is 11.8 Å². The van der Waals surface area contributed by atoms with E-state index in [2.05, 4.69) is 5.32 Å². The lowest BCUT2D eigenvalue weighted by Gasteiger charge is -2.28. The first kappa shape index (κ1) is 15.1. The molecule has 0 aromatic heterocycles. The highest BCUT2D eigenvalue weighted by molar-refractivity contribution is 7.99. The number of rotatable bonds is 8. The van der Waals surface area contributed by atoms with Gasteiger partial charge in [-0.1, -0.05) is 0 Å². The van der Waals surface area contributed by atoms with Crippen molar-refractivity contribution in [2.75, 3.05) is 24.7 Å². The average Bonchev–Trinajstić information content (AvgIpc) is 3.03. The molecule has 1 aliphatic carbocycles. The van der Waals surface area contributed by atoms with Crippen LogP contribution in [0.25, 0.3) is 0 Å². The molecular formula is C14H25NO3S. The minimum absolute atomic E-state index is 0.123. The highest BCUT2D eigenvalue weighted by atomic mass is 32.2. The Hall–Kier alpha value is -0.260. The Kier molecular flexibility index (Phi) is 5.54. The Morgan fingerprint density at radius 3 is 2.84 bits per heavy atom. The molecule has 19 heavy (non-hydrogen) atoms. The van der Waals surface area contributed by atoms with Crippen molar-refractivity contribution in [1.82, 2.24) is 5.32 Å². The normalized spacial score (nSPS) is 26.1. The largest absolute Gasteiger partial charge is 0.465 e. The van der Waals surface area contributed by atoms with Crippen LogP contribution < -0.4 is 5.32 Å². The maximum absolute atomic E-state index is 12.1. The van der Waals surface area contributed by atoms with E-state index in [-0.39, 0.29) is 5.97 Å². The van der Waals surface area contributed by atoms with Crippen LogP contribution in [0.3, 0.4) is 0 Å². The molecule has 2 atom stereocenters. The second-order valence-electron chi connectivity index (χ2n) is 5.62. The van der Waals surface area contributed by atoms with Gasteiger partial charge >= 0.3 is 5.97 Å². The fourth-order valence-corrected chi connectivity index (χ4v) is 3.55. The summed E-state index contributed by atoms with van der Waals surface area (Å²) in [6, 6.07) is 0.498. The first-order chi connectivity index (χ1) is 9.14. The molecule has 0 aromatic carbocycles. The number of carbonyl (C=O) groups excluding carboxylic acids is 1. The summed E-state index contributed by atoms with van der Waals surface area (Å²) in [5.74, 6) is 1.60. The molecule has 2 rings (SSSR count). The molecule has 2 aliphatic rings. The second kappa shape index (κ2) is 6.95. The van der Waals surface area contributed by atoms with Gasteiger partial charge in [0.25, 0.3) is 0 Å². The lowest BCUT2D eigenvalue weighted by atomic mass is 10.1.